The van der Waals surface area contributed by atoms with Gasteiger partial charge in [0.2, 0.25) is 0 Å². The minimum atomic E-state index is -0.947. The summed E-state index contributed by atoms with van der Waals surface area (Å²) in [4.78, 5) is 9.63. The number of benzene rings is 1. The molecular formula is C23H35N5OS. The quantitative estimate of drug-likeness (QED) is 0.422. The van der Waals surface area contributed by atoms with Crippen molar-refractivity contribution in [3.05, 3.63) is 58.3 Å². The summed E-state index contributed by atoms with van der Waals surface area (Å²) < 4.78 is 0. The van der Waals surface area contributed by atoms with Gasteiger partial charge in [-0.25, -0.2) is 4.99 Å². The van der Waals surface area contributed by atoms with Crippen molar-refractivity contribution in [2.45, 2.75) is 26.0 Å². The highest BCUT2D eigenvalue weighted by molar-refractivity contribution is 7.08. The number of aliphatic hydroxyl groups is 1. The van der Waals surface area contributed by atoms with Crippen LogP contribution in [0.1, 0.15) is 25.0 Å². The van der Waals surface area contributed by atoms with Crippen LogP contribution in [0.4, 0.5) is 0 Å². The normalized spacial score (nSPS) is 18.2. The molecule has 2 heterocycles. The van der Waals surface area contributed by atoms with E-state index in [0.29, 0.717) is 6.54 Å². The molecule has 164 valence electrons. The van der Waals surface area contributed by atoms with E-state index >= 15 is 0 Å². The predicted octanol–water partition coefficient (Wildman–Crippen LogP) is 2.33. The van der Waals surface area contributed by atoms with Crippen LogP contribution >= 0.6 is 11.3 Å². The average Bonchev–Trinajstić information content (AvgIpc) is 3.30. The van der Waals surface area contributed by atoms with Gasteiger partial charge in [0.25, 0.3) is 0 Å². The Balaban J connectivity index is 1.39. The van der Waals surface area contributed by atoms with Gasteiger partial charge in [-0.3, -0.25) is 9.80 Å². The van der Waals surface area contributed by atoms with Gasteiger partial charge in [0.05, 0.1) is 6.54 Å². The summed E-state index contributed by atoms with van der Waals surface area (Å²) in [5, 5.41) is 21.3. The number of piperazine rings is 1. The fourth-order valence-electron chi connectivity index (χ4n) is 3.58. The molecule has 3 N–H and O–H groups in total. The summed E-state index contributed by atoms with van der Waals surface area (Å²) in [5.74, 6) is 0.760. The first kappa shape index (κ1) is 22.7. The third-order valence-electron chi connectivity index (χ3n) is 5.47. The number of nitrogens with one attached hydrogen (secondary N) is 2. The third kappa shape index (κ3) is 7.09. The van der Waals surface area contributed by atoms with Crippen LogP contribution in [0.2, 0.25) is 0 Å². The second kappa shape index (κ2) is 11.5. The van der Waals surface area contributed by atoms with Crippen LogP contribution < -0.4 is 10.6 Å². The Kier molecular flexibility index (Phi) is 8.69. The predicted molar refractivity (Wildman–Crippen MR) is 126 cm³/mol. The maximum Gasteiger partial charge on any atom is 0.191 e. The van der Waals surface area contributed by atoms with E-state index in [1.807, 2.05) is 23.8 Å². The second-order valence-corrected chi connectivity index (χ2v) is 8.79. The molecule has 0 amide bonds. The first-order valence-electron chi connectivity index (χ1n) is 10.8. The molecule has 0 spiro atoms. The van der Waals surface area contributed by atoms with Crippen LogP contribution in [0.5, 0.6) is 0 Å². The molecule has 0 aliphatic carbocycles. The Morgan fingerprint density at radius 1 is 1.10 bits per heavy atom. The molecule has 7 heteroatoms. The summed E-state index contributed by atoms with van der Waals surface area (Å²) in [7, 11) is 0. The van der Waals surface area contributed by atoms with Gasteiger partial charge in [-0.1, -0.05) is 30.3 Å². The second-order valence-electron chi connectivity index (χ2n) is 8.01. The fourth-order valence-corrected chi connectivity index (χ4v) is 4.36. The molecule has 0 saturated carbocycles. The van der Waals surface area contributed by atoms with Crippen molar-refractivity contribution < 1.29 is 5.11 Å². The third-order valence-corrected chi connectivity index (χ3v) is 6.15. The molecule has 1 aliphatic heterocycles. The lowest BCUT2D eigenvalue weighted by molar-refractivity contribution is 0.0677. The monoisotopic (exact) mass is 429 g/mol. The molecule has 0 bridgehead atoms. The molecule has 1 aliphatic rings. The van der Waals surface area contributed by atoms with E-state index in [1.165, 1.54) is 5.56 Å². The lowest BCUT2D eigenvalue weighted by Crippen LogP contribution is -2.49. The zero-order valence-corrected chi connectivity index (χ0v) is 19.0. The summed E-state index contributed by atoms with van der Waals surface area (Å²) in [6.45, 7) is 12.3. The Morgan fingerprint density at radius 3 is 2.50 bits per heavy atom. The number of hydrogen-bond donors (Lipinski definition) is 3. The fraction of sp³-hybridized carbons (Fsp3) is 0.522. The molecule has 3 rings (SSSR count). The van der Waals surface area contributed by atoms with Crippen molar-refractivity contribution in [1.82, 2.24) is 20.4 Å². The summed E-state index contributed by atoms with van der Waals surface area (Å²) in [6.07, 6.45) is 0. The SMILES string of the molecule is CCNC(=NCC(C)(O)c1ccsc1)NCCN1CCN(Cc2ccccc2)CC1. The molecule has 1 saturated heterocycles. The molecular weight excluding hydrogens is 394 g/mol. The highest BCUT2D eigenvalue weighted by Gasteiger charge is 2.23. The number of thiophene rings is 1. The molecule has 30 heavy (non-hydrogen) atoms. The van der Waals surface area contributed by atoms with E-state index in [9.17, 15) is 5.11 Å². The lowest BCUT2D eigenvalue weighted by Gasteiger charge is -2.34. The summed E-state index contributed by atoms with van der Waals surface area (Å²) in [6, 6.07) is 12.7. The van der Waals surface area contributed by atoms with Crippen LogP contribution in [0, 0.1) is 0 Å². The molecule has 1 aromatic heterocycles. The van der Waals surface area contributed by atoms with Gasteiger partial charge in [-0.15, -0.1) is 0 Å². The van der Waals surface area contributed by atoms with E-state index in [0.717, 1.165) is 63.9 Å². The van der Waals surface area contributed by atoms with Crippen molar-refractivity contribution in [2.75, 3.05) is 52.4 Å². The van der Waals surface area contributed by atoms with E-state index < -0.39 is 5.60 Å². The standard InChI is InChI=1S/C23H35N5OS/c1-3-24-22(26-19-23(2,29)21-9-16-30-18-21)25-10-11-27-12-14-28(15-13-27)17-20-7-5-4-6-8-20/h4-9,16,18,29H,3,10-15,17,19H2,1-2H3,(H2,24,25,26). The van der Waals surface area contributed by atoms with Crippen LogP contribution in [0.3, 0.4) is 0 Å². The summed E-state index contributed by atoms with van der Waals surface area (Å²) in [5.41, 5.74) is 1.36. The van der Waals surface area contributed by atoms with Gasteiger partial charge in [0.15, 0.2) is 5.96 Å². The largest absolute Gasteiger partial charge is 0.383 e. The zero-order chi connectivity index (χ0) is 21.2. The highest BCUT2D eigenvalue weighted by Crippen LogP contribution is 2.23. The van der Waals surface area contributed by atoms with Gasteiger partial charge in [0.1, 0.15) is 5.60 Å². The Morgan fingerprint density at radius 2 is 1.83 bits per heavy atom. The van der Waals surface area contributed by atoms with Crippen molar-refractivity contribution in [3.8, 4) is 0 Å². The van der Waals surface area contributed by atoms with Crippen LogP contribution in [0.25, 0.3) is 0 Å². The maximum atomic E-state index is 10.7. The first-order valence-corrected chi connectivity index (χ1v) is 11.8. The number of nitrogens with zero attached hydrogens (tertiary/aromatic N) is 3. The zero-order valence-electron chi connectivity index (χ0n) is 18.2. The minimum Gasteiger partial charge on any atom is -0.383 e. The van der Waals surface area contributed by atoms with Crippen molar-refractivity contribution in [1.29, 1.82) is 0 Å². The van der Waals surface area contributed by atoms with Crippen LogP contribution in [-0.2, 0) is 12.1 Å². The van der Waals surface area contributed by atoms with Crippen molar-refractivity contribution in [3.63, 3.8) is 0 Å². The van der Waals surface area contributed by atoms with Gasteiger partial charge >= 0.3 is 0 Å². The van der Waals surface area contributed by atoms with Gasteiger partial charge in [0, 0.05) is 52.4 Å². The van der Waals surface area contributed by atoms with Gasteiger partial charge < -0.3 is 15.7 Å². The number of guanidine groups is 1. The van der Waals surface area contributed by atoms with Crippen LogP contribution in [0.15, 0.2) is 52.2 Å². The molecule has 2 aromatic rings. The van der Waals surface area contributed by atoms with Crippen molar-refractivity contribution >= 4 is 17.3 Å². The smallest absolute Gasteiger partial charge is 0.191 e. The Hall–Kier alpha value is -1.93. The van der Waals surface area contributed by atoms with E-state index in [4.69, 9.17) is 0 Å². The van der Waals surface area contributed by atoms with Gasteiger partial charge in [-0.2, -0.15) is 11.3 Å². The van der Waals surface area contributed by atoms with Crippen LogP contribution in [-0.4, -0.2) is 73.2 Å². The number of hydrogen-bond acceptors (Lipinski definition) is 5. The summed E-state index contributed by atoms with van der Waals surface area (Å²) >= 11 is 1.59. The maximum absolute atomic E-state index is 10.7. The molecule has 1 fully saturated rings. The number of rotatable bonds is 9. The van der Waals surface area contributed by atoms with Crippen molar-refractivity contribution in [2.24, 2.45) is 4.99 Å². The van der Waals surface area contributed by atoms with E-state index in [2.05, 4.69) is 62.7 Å². The highest BCUT2D eigenvalue weighted by atomic mass is 32.1. The first-order chi connectivity index (χ1) is 14.6. The molecule has 0 radical (unpaired) electrons. The Bertz CT molecular complexity index is 755. The average molecular weight is 430 g/mol. The molecule has 6 nitrogen and oxygen atoms in total. The molecule has 1 unspecified atom stereocenters. The molecule has 1 atom stereocenters. The Labute approximate surface area is 184 Å². The van der Waals surface area contributed by atoms with E-state index in [1.54, 1.807) is 11.3 Å². The van der Waals surface area contributed by atoms with E-state index in [-0.39, 0.29) is 0 Å². The molecule has 1 aromatic carbocycles. The number of aliphatic imine (C=N–C) groups is 1. The lowest BCUT2D eigenvalue weighted by atomic mass is 10.00. The minimum absolute atomic E-state index is 0.331. The topological polar surface area (TPSA) is 63.1 Å². The van der Waals surface area contributed by atoms with Gasteiger partial charge in [-0.05, 0) is 41.8 Å².